The number of hydrogen-bond donors (Lipinski definition) is 0. The lowest BCUT2D eigenvalue weighted by atomic mass is 9.96. The molecule has 3 aliphatic heterocycles. The molecule has 5 heteroatoms. The maximum Gasteiger partial charge on any atom is 0.308 e. The highest BCUT2D eigenvalue weighted by Crippen LogP contribution is 2.42. The third-order valence-electron chi connectivity index (χ3n) is 6.36. The van der Waals surface area contributed by atoms with Crippen LogP contribution in [-0.4, -0.2) is 43.3 Å². The minimum atomic E-state index is -0.560. The number of aryl methyl sites for hydroxylation is 1. The molecule has 1 aromatic carbocycles. The summed E-state index contributed by atoms with van der Waals surface area (Å²) in [6.45, 7) is 1.04. The highest BCUT2D eigenvalue weighted by atomic mass is 16.7. The number of esters is 1. The van der Waals surface area contributed by atoms with Gasteiger partial charge in [0.25, 0.3) is 0 Å². The number of fused-ring (bicyclic) bond motifs is 2. The van der Waals surface area contributed by atoms with Gasteiger partial charge in [-0.25, -0.2) is 0 Å². The monoisotopic (exact) mass is 414 g/mol. The van der Waals surface area contributed by atoms with Gasteiger partial charge in [-0.05, 0) is 50.5 Å². The standard InChI is InChI=1S/C25H34O5/c26-24-19-21-11-8-15-25(29-21)16-14-23(30-25)22(13-12-20-9-4-3-5-10-20)27-17-6-1-2-7-18-28-24/h1,3-6,9-10,21-23H,2,7-8,11-19H2/b6-1-/t21?,22-,23-,25+/m0/s1. The summed E-state index contributed by atoms with van der Waals surface area (Å²) in [5, 5.41) is 0. The fourth-order valence-electron chi connectivity index (χ4n) is 4.78. The van der Waals surface area contributed by atoms with Gasteiger partial charge in [0.15, 0.2) is 5.79 Å². The number of rotatable bonds is 3. The van der Waals surface area contributed by atoms with Crippen LogP contribution in [-0.2, 0) is 30.2 Å². The first-order chi connectivity index (χ1) is 14.7. The van der Waals surface area contributed by atoms with Crippen LogP contribution in [0.15, 0.2) is 42.5 Å². The van der Waals surface area contributed by atoms with E-state index in [-0.39, 0.29) is 24.3 Å². The van der Waals surface area contributed by atoms with Crippen LogP contribution in [0.25, 0.3) is 0 Å². The summed E-state index contributed by atoms with van der Waals surface area (Å²) in [5.41, 5.74) is 1.32. The van der Waals surface area contributed by atoms with Crippen molar-refractivity contribution >= 4 is 5.97 Å². The van der Waals surface area contributed by atoms with E-state index in [0.29, 0.717) is 19.6 Å². The number of cyclic esters (lactones) is 1. The molecular weight excluding hydrogens is 380 g/mol. The van der Waals surface area contributed by atoms with Gasteiger partial charge in [0.1, 0.15) is 0 Å². The molecular formula is C25H34O5. The molecule has 0 N–H and O–H groups in total. The van der Waals surface area contributed by atoms with Crippen molar-refractivity contribution in [3.05, 3.63) is 48.0 Å². The number of benzene rings is 1. The minimum Gasteiger partial charge on any atom is -0.466 e. The number of allylic oxidation sites excluding steroid dienone is 1. The van der Waals surface area contributed by atoms with Gasteiger partial charge in [0.2, 0.25) is 0 Å². The van der Waals surface area contributed by atoms with Crippen molar-refractivity contribution in [2.75, 3.05) is 13.2 Å². The van der Waals surface area contributed by atoms with Gasteiger partial charge in [0, 0.05) is 12.8 Å². The topological polar surface area (TPSA) is 54.0 Å². The van der Waals surface area contributed by atoms with Crippen LogP contribution in [0.5, 0.6) is 0 Å². The molecule has 0 radical (unpaired) electrons. The van der Waals surface area contributed by atoms with Crippen LogP contribution in [0.1, 0.15) is 63.4 Å². The molecule has 3 aliphatic rings. The normalized spacial score (nSPS) is 34.3. The van der Waals surface area contributed by atoms with Crippen LogP contribution < -0.4 is 0 Å². The van der Waals surface area contributed by atoms with Crippen LogP contribution >= 0.6 is 0 Å². The predicted molar refractivity (Wildman–Crippen MR) is 114 cm³/mol. The van der Waals surface area contributed by atoms with E-state index in [4.69, 9.17) is 18.9 Å². The molecule has 4 atom stereocenters. The first-order valence-electron chi connectivity index (χ1n) is 11.5. The Bertz CT molecular complexity index is 703. The quantitative estimate of drug-likeness (QED) is 0.529. The molecule has 5 nitrogen and oxygen atoms in total. The highest BCUT2D eigenvalue weighted by Gasteiger charge is 2.47. The molecule has 4 rings (SSSR count). The Morgan fingerprint density at radius 3 is 2.80 bits per heavy atom. The summed E-state index contributed by atoms with van der Waals surface area (Å²) < 4.78 is 24.6. The summed E-state index contributed by atoms with van der Waals surface area (Å²) in [6.07, 6.45) is 12.7. The third-order valence-corrected chi connectivity index (χ3v) is 6.36. The highest BCUT2D eigenvalue weighted by molar-refractivity contribution is 5.69. The lowest BCUT2D eigenvalue weighted by Gasteiger charge is -2.38. The Morgan fingerprint density at radius 2 is 1.90 bits per heavy atom. The molecule has 0 saturated carbocycles. The zero-order valence-electron chi connectivity index (χ0n) is 17.8. The van der Waals surface area contributed by atoms with Crippen LogP contribution in [0.2, 0.25) is 0 Å². The first kappa shape index (κ1) is 21.5. The van der Waals surface area contributed by atoms with Crippen LogP contribution in [0, 0.1) is 0 Å². The molecule has 30 heavy (non-hydrogen) atoms. The van der Waals surface area contributed by atoms with Gasteiger partial charge >= 0.3 is 5.97 Å². The number of ether oxygens (including phenoxy) is 4. The molecule has 1 unspecified atom stereocenters. The van der Waals surface area contributed by atoms with E-state index >= 15 is 0 Å². The largest absolute Gasteiger partial charge is 0.466 e. The Kier molecular flexibility index (Phi) is 7.58. The van der Waals surface area contributed by atoms with E-state index in [1.807, 2.05) is 6.07 Å². The average molecular weight is 415 g/mol. The molecule has 0 amide bonds. The molecule has 3 heterocycles. The van der Waals surface area contributed by atoms with Crippen molar-refractivity contribution in [3.8, 4) is 0 Å². The fourth-order valence-corrected chi connectivity index (χ4v) is 4.78. The van der Waals surface area contributed by atoms with E-state index in [1.165, 1.54) is 5.56 Å². The number of carbonyl (C=O) groups is 1. The molecule has 0 aromatic heterocycles. The van der Waals surface area contributed by atoms with E-state index in [1.54, 1.807) is 0 Å². The van der Waals surface area contributed by atoms with Crippen molar-refractivity contribution in [1.82, 2.24) is 0 Å². The Hall–Kier alpha value is -1.69. The minimum absolute atomic E-state index is 0.0284. The summed E-state index contributed by atoms with van der Waals surface area (Å²) in [4.78, 5) is 12.2. The Labute approximate surface area is 179 Å². The lowest BCUT2D eigenvalue weighted by Crippen LogP contribution is -2.43. The van der Waals surface area contributed by atoms with Crippen molar-refractivity contribution in [1.29, 1.82) is 0 Å². The van der Waals surface area contributed by atoms with Crippen molar-refractivity contribution in [2.24, 2.45) is 0 Å². The van der Waals surface area contributed by atoms with Crippen LogP contribution in [0.4, 0.5) is 0 Å². The van der Waals surface area contributed by atoms with Gasteiger partial charge in [-0.1, -0.05) is 42.5 Å². The second-order valence-electron chi connectivity index (χ2n) is 8.67. The van der Waals surface area contributed by atoms with E-state index in [0.717, 1.165) is 57.8 Å². The van der Waals surface area contributed by atoms with Gasteiger partial charge in [-0.15, -0.1) is 0 Å². The Balaban J connectivity index is 1.44. The van der Waals surface area contributed by atoms with E-state index < -0.39 is 5.79 Å². The van der Waals surface area contributed by atoms with Gasteiger partial charge < -0.3 is 18.9 Å². The van der Waals surface area contributed by atoms with E-state index in [2.05, 4.69) is 36.4 Å². The number of carbonyl (C=O) groups excluding carboxylic acids is 1. The zero-order chi connectivity index (χ0) is 20.7. The molecule has 1 spiro atoms. The predicted octanol–water partition coefficient (Wildman–Crippen LogP) is 4.73. The van der Waals surface area contributed by atoms with Crippen molar-refractivity contribution < 1.29 is 23.7 Å². The summed E-state index contributed by atoms with van der Waals surface area (Å²) >= 11 is 0. The molecule has 1 aromatic rings. The first-order valence-corrected chi connectivity index (χ1v) is 11.5. The molecule has 164 valence electrons. The van der Waals surface area contributed by atoms with Crippen molar-refractivity contribution in [2.45, 2.75) is 88.3 Å². The van der Waals surface area contributed by atoms with Gasteiger partial charge in [-0.3, -0.25) is 4.79 Å². The zero-order valence-corrected chi connectivity index (χ0v) is 17.8. The molecule has 2 fully saturated rings. The molecule has 0 aliphatic carbocycles. The van der Waals surface area contributed by atoms with E-state index in [9.17, 15) is 4.79 Å². The summed E-state index contributed by atoms with van der Waals surface area (Å²) in [6, 6.07) is 10.5. The average Bonchev–Trinajstić information content (AvgIpc) is 3.15. The Morgan fingerprint density at radius 1 is 1.00 bits per heavy atom. The molecule has 2 saturated heterocycles. The third kappa shape index (κ3) is 5.93. The fraction of sp³-hybridized carbons (Fsp3) is 0.640. The second kappa shape index (κ2) is 10.6. The molecule has 3 bridgehead atoms. The second-order valence-corrected chi connectivity index (χ2v) is 8.67. The SMILES string of the molecule is O=C1CC2CCC[C@@]3(CC[C@H](O3)[C@H](CCc3ccccc3)OC/C=C\CCCO1)O2. The maximum atomic E-state index is 12.2. The maximum absolute atomic E-state index is 12.2. The van der Waals surface area contributed by atoms with Gasteiger partial charge in [0.05, 0.1) is 37.9 Å². The van der Waals surface area contributed by atoms with Crippen LogP contribution in [0.3, 0.4) is 0 Å². The summed E-state index contributed by atoms with van der Waals surface area (Å²) in [5.74, 6) is -0.721. The smallest absolute Gasteiger partial charge is 0.308 e. The summed E-state index contributed by atoms with van der Waals surface area (Å²) in [7, 11) is 0. The van der Waals surface area contributed by atoms with Crippen molar-refractivity contribution in [3.63, 3.8) is 0 Å². The van der Waals surface area contributed by atoms with Gasteiger partial charge in [-0.2, -0.15) is 0 Å². The lowest BCUT2D eigenvalue weighted by molar-refractivity contribution is -0.279. The number of hydrogen-bond acceptors (Lipinski definition) is 5.